The first-order chi connectivity index (χ1) is 12.0. The zero-order valence-electron chi connectivity index (χ0n) is 14.5. The van der Waals surface area contributed by atoms with Crippen LogP contribution in [0, 0.1) is 18.7 Å². The van der Waals surface area contributed by atoms with Crippen molar-refractivity contribution in [3.8, 4) is 0 Å². The molecular formula is C19H22FN3O2. The van der Waals surface area contributed by atoms with E-state index >= 15 is 0 Å². The fourth-order valence-electron chi connectivity index (χ4n) is 3.33. The molecule has 1 saturated heterocycles. The van der Waals surface area contributed by atoms with Gasteiger partial charge in [0.15, 0.2) is 5.82 Å². The van der Waals surface area contributed by atoms with Crippen LogP contribution in [0.5, 0.6) is 0 Å². The minimum atomic E-state index is -0.333. The molecule has 1 aliphatic heterocycles. The van der Waals surface area contributed by atoms with Gasteiger partial charge in [-0.15, -0.1) is 0 Å². The summed E-state index contributed by atoms with van der Waals surface area (Å²) in [5.74, 6) is 0.0858. The Morgan fingerprint density at radius 2 is 1.96 bits per heavy atom. The van der Waals surface area contributed by atoms with E-state index in [1.54, 1.807) is 31.4 Å². The number of anilines is 1. The van der Waals surface area contributed by atoms with Gasteiger partial charge in [0, 0.05) is 38.7 Å². The van der Waals surface area contributed by atoms with Crippen molar-refractivity contribution in [3.05, 3.63) is 57.9 Å². The molecule has 1 aromatic carbocycles. The second-order valence-electron chi connectivity index (χ2n) is 6.62. The summed E-state index contributed by atoms with van der Waals surface area (Å²) in [6.07, 6.45) is 3.15. The molecule has 1 fully saturated rings. The first kappa shape index (κ1) is 17.3. The van der Waals surface area contributed by atoms with Gasteiger partial charge in [0.05, 0.1) is 5.69 Å². The van der Waals surface area contributed by atoms with Gasteiger partial charge in [-0.05, 0) is 31.4 Å². The molecule has 0 aliphatic carbocycles. The summed E-state index contributed by atoms with van der Waals surface area (Å²) in [5.41, 5.74) is 1.11. The molecule has 0 bridgehead atoms. The Morgan fingerprint density at radius 3 is 2.64 bits per heavy atom. The van der Waals surface area contributed by atoms with E-state index in [0.29, 0.717) is 37.3 Å². The predicted octanol–water partition coefficient (Wildman–Crippen LogP) is 2.26. The summed E-state index contributed by atoms with van der Waals surface area (Å²) in [6.45, 7) is 3.08. The van der Waals surface area contributed by atoms with Crippen molar-refractivity contribution in [2.75, 3.05) is 18.0 Å². The van der Waals surface area contributed by atoms with Crippen LogP contribution in [-0.4, -0.2) is 28.4 Å². The van der Waals surface area contributed by atoms with Gasteiger partial charge in [-0.1, -0.05) is 18.2 Å². The number of carbonyl (C=O) groups excluding carboxylic acids is 1. The van der Waals surface area contributed by atoms with Crippen molar-refractivity contribution in [2.24, 2.45) is 13.0 Å². The molecule has 0 spiro atoms. The Kier molecular flexibility index (Phi) is 4.97. The number of ketones is 1. The van der Waals surface area contributed by atoms with Crippen molar-refractivity contribution in [3.63, 3.8) is 0 Å². The first-order valence-electron chi connectivity index (χ1n) is 8.51. The zero-order chi connectivity index (χ0) is 18.0. The Hall–Kier alpha value is -2.50. The molecule has 1 aromatic heterocycles. The molecule has 2 heterocycles. The molecule has 5 nitrogen and oxygen atoms in total. The van der Waals surface area contributed by atoms with E-state index in [1.807, 2.05) is 11.8 Å². The number of aryl methyl sites for hydroxylation is 2. The van der Waals surface area contributed by atoms with Crippen LogP contribution < -0.4 is 10.5 Å². The lowest BCUT2D eigenvalue weighted by molar-refractivity contribution is -0.122. The van der Waals surface area contributed by atoms with Gasteiger partial charge in [-0.2, -0.15) is 0 Å². The molecule has 6 heteroatoms. The number of Topliss-reactive ketones (excluding diaryl/α,β-unsaturated/α-hetero) is 1. The van der Waals surface area contributed by atoms with E-state index in [4.69, 9.17) is 0 Å². The Morgan fingerprint density at radius 1 is 1.28 bits per heavy atom. The van der Waals surface area contributed by atoms with Gasteiger partial charge < -0.3 is 9.47 Å². The average molecular weight is 343 g/mol. The third kappa shape index (κ3) is 3.78. The number of aromatic nitrogens is 2. The fraction of sp³-hybridized carbons (Fsp3) is 0.421. The van der Waals surface area contributed by atoms with Gasteiger partial charge in [-0.3, -0.25) is 9.59 Å². The SMILES string of the molecule is Cc1cn(C)c(=O)c(N2CCC(C(=O)Cc3ccccc3F)CC2)n1. The topological polar surface area (TPSA) is 55.2 Å². The number of nitrogens with zero attached hydrogens (tertiary/aromatic N) is 3. The molecule has 3 rings (SSSR count). The smallest absolute Gasteiger partial charge is 0.293 e. The molecule has 2 aromatic rings. The first-order valence-corrected chi connectivity index (χ1v) is 8.51. The molecule has 132 valence electrons. The quantitative estimate of drug-likeness (QED) is 0.854. The summed E-state index contributed by atoms with van der Waals surface area (Å²) in [7, 11) is 1.71. The monoisotopic (exact) mass is 343 g/mol. The largest absolute Gasteiger partial charge is 0.352 e. The van der Waals surface area contributed by atoms with Crippen LogP contribution >= 0.6 is 0 Å². The maximum absolute atomic E-state index is 13.7. The predicted molar refractivity (Wildman–Crippen MR) is 94.3 cm³/mol. The number of carbonyl (C=O) groups is 1. The summed E-state index contributed by atoms with van der Waals surface area (Å²) in [5, 5.41) is 0. The van der Waals surface area contributed by atoms with E-state index in [2.05, 4.69) is 4.98 Å². The normalized spacial score (nSPS) is 15.4. The van der Waals surface area contributed by atoms with Crippen LogP contribution in [0.25, 0.3) is 0 Å². The van der Waals surface area contributed by atoms with Crippen LogP contribution in [0.2, 0.25) is 0 Å². The number of hydrogen-bond acceptors (Lipinski definition) is 4. The highest BCUT2D eigenvalue weighted by Gasteiger charge is 2.27. The van der Waals surface area contributed by atoms with Crippen molar-refractivity contribution in [1.29, 1.82) is 0 Å². The Bertz CT molecular complexity index is 839. The summed E-state index contributed by atoms with van der Waals surface area (Å²) < 4.78 is 15.2. The van der Waals surface area contributed by atoms with Crippen LogP contribution in [0.3, 0.4) is 0 Å². The van der Waals surface area contributed by atoms with E-state index < -0.39 is 0 Å². The van der Waals surface area contributed by atoms with Crippen LogP contribution in [0.15, 0.2) is 35.3 Å². The summed E-state index contributed by atoms with van der Waals surface area (Å²) in [4.78, 5) is 31.0. The van der Waals surface area contributed by atoms with Crippen LogP contribution in [0.4, 0.5) is 10.2 Å². The number of hydrogen-bond donors (Lipinski definition) is 0. The minimum Gasteiger partial charge on any atom is -0.352 e. The van der Waals surface area contributed by atoms with Crippen molar-refractivity contribution in [1.82, 2.24) is 9.55 Å². The highest BCUT2D eigenvalue weighted by molar-refractivity contribution is 5.83. The average Bonchev–Trinajstić information content (AvgIpc) is 2.60. The van der Waals surface area contributed by atoms with Crippen molar-refractivity contribution < 1.29 is 9.18 Å². The molecule has 0 amide bonds. The van der Waals surface area contributed by atoms with E-state index in [0.717, 1.165) is 5.69 Å². The van der Waals surface area contributed by atoms with E-state index in [1.165, 1.54) is 10.6 Å². The number of rotatable bonds is 4. The van der Waals surface area contributed by atoms with Crippen LogP contribution in [0.1, 0.15) is 24.1 Å². The van der Waals surface area contributed by atoms with Gasteiger partial charge in [0.1, 0.15) is 11.6 Å². The lowest BCUT2D eigenvalue weighted by atomic mass is 9.89. The molecule has 0 saturated carbocycles. The molecular weight excluding hydrogens is 321 g/mol. The number of benzene rings is 1. The second-order valence-corrected chi connectivity index (χ2v) is 6.62. The maximum atomic E-state index is 13.7. The van der Waals surface area contributed by atoms with E-state index in [-0.39, 0.29) is 29.5 Å². The zero-order valence-corrected chi connectivity index (χ0v) is 14.5. The van der Waals surface area contributed by atoms with E-state index in [9.17, 15) is 14.0 Å². The summed E-state index contributed by atoms with van der Waals surface area (Å²) >= 11 is 0. The maximum Gasteiger partial charge on any atom is 0.293 e. The number of halogens is 1. The third-order valence-electron chi connectivity index (χ3n) is 4.75. The summed E-state index contributed by atoms with van der Waals surface area (Å²) in [6, 6.07) is 6.40. The molecule has 0 unspecified atom stereocenters. The highest BCUT2D eigenvalue weighted by atomic mass is 19.1. The molecule has 0 N–H and O–H groups in total. The second kappa shape index (κ2) is 7.17. The van der Waals surface area contributed by atoms with Gasteiger partial charge in [-0.25, -0.2) is 9.37 Å². The fourth-order valence-corrected chi connectivity index (χ4v) is 3.33. The molecule has 0 radical (unpaired) electrons. The Labute approximate surface area is 146 Å². The molecule has 25 heavy (non-hydrogen) atoms. The molecule has 1 aliphatic rings. The Balaban J connectivity index is 1.65. The lowest BCUT2D eigenvalue weighted by Crippen LogP contribution is -2.41. The van der Waals surface area contributed by atoms with Crippen molar-refractivity contribution >= 4 is 11.6 Å². The van der Waals surface area contributed by atoms with Gasteiger partial charge in [0.25, 0.3) is 5.56 Å². The van der Waals surface area contributed by atoms with Crippen molar-refractivity contribution in [2.45, 2.75) is 26.2 Å². The van der Waals surface area contributed by atoms with Gasteiger partial charge in [0.2, 0.25) is 0 Å². The number of piperidine rings is 1. The standard InChI is InChI=1S/C19H22FN3O2/c1-13-12-22(2)19(25)18(21-13)23-9-7-14(8-10-23)17(24)11-15-5-3-4-6-16(15)20/h3-6,12,14H,7-11H2,1-2H3. The molecule has 0 atom stereocenters. The lowest BCUT2D eigenvalue weighted by Gasteiger charge is -2.32. The van der Waals surface area contributed by atoms with Crippen LogP contribution in [-0.2, 0) is 18.3 Å². The van der Waals surface area contributed by atoms with Gasteiger partial charge >= 0.3 is 0 Å². The third-order valence-corrected chi connectivity index (χ3v) is 4.75. The highest BCUT2D eigenvalue weighted by Crippen LogP contribution is 2.22. The minimum absolute atomic E-state index is 0.0647.